The van der Waals surface area contributed by atoms with Crippen molar-refractivity contribution in [2.75, 3.05) is 0 Å². The smallest absolute Gasteiger partial charge is 0.132 e. The van der Waals surface area contributed by atoms with Crippen molar-refractivity contribution in [2.24, 2.45) is 0 Å². The van der Waals surface area contributed by atoms with E-state index in [-0.39, 0.29) is 0 Å². The highest BCUT2D eigenvalue weighted by Gasteiger charge is 2.12. The highest BCUT2D eigenvalue weighted by atomic mass is 35.5. The van der Waals surface area contributed by atoms with Gasteiger partial charge in [-0.3, -0.25) is 0 Å². The molecule has 12 heavy (non-hydrogen) atoms. The van der Waals surface area contributed by atoms with E-state index in [4.69, 9.17) is 11.6 Å². The van der Waals surface area contributed by atoms with Crippen molar-refractivity contribution in [3.05, 3.63) is 17.2 Å². The first-order valence-corrected chi connectivity index (χ1v) is 4.64. The molecule has 3 heteroatoms. The topological polar surface area (TPSA) is 17.8 Å². The summed E-state index contributed by atoms with van der Waals surface area (Å²) >= 11 is 6.11. The van der Waals surface area contributed by atoms with Gasteiger partial charge in [-0.15, -0.1) is 0 Å². The summed E-state index contributed by atoms with van der Waals surface area (Å²) in [5.41, 5.74) is 0.991. The molecule has 0 unspecified atom stereocenters. The van der Waals surface area contributed by atoms with E-state index in [1.54, 1.807) is 0 Å². The maximum Gasteiger partial charge on any atom is 0.132 e. The number of halogens is 1. The van der Waals surface area contributed by atoms with E-state index in [1.807, 2.05) is 10.9 Å². The van der Waals surface area contributed by atoms with E-state index in [0.29, 0.717) is 12.0 Å². The van der Waals surface area contributed by atoms with E-state index < -0.39 is 0 Å². The number of aromatic nitrogens is 2. The predicted octanol–water partition coefficient (Wildman–Crippen LogP) is 3.24. The molecule has 0 saturated carbocycles. The summed E-state index contributed by atoms with van der Waals surface area (Å²) in [6.07, 6.45) is 1.81. The van der Waals surface area contributed by atoms with Gasteiger partial charge in [-0.1, -0.05) is 25.4 Å². The molecule has 0 saturated heterocycles. The molecular formula is C9H15ClN2. The molecule has 2 nitrogen and oxygen atoms in total. The molecule has 1 aromatic heterocycles. The SMILES string of the molecule is CC(C)c1ncn(C(C)C)c1Cl. The average Bonchev–Trinajstić information content (AvgIpc) is 2.30. The maximum atomic E-state index is 6.11. The van der Waals surface area contributed by atoms with Crippen LogP contribution in [0.3, 0.4) is 0 Å². The first-order valence-electron chi connectivity index (χ1n) is 4.26. The van der Waals surface area contributed by atoms with Gasteiger partial charge < -0.3 is 4.57 Å². The monoisotopic (exact) mass is 186 g/mol. The molecular weight excluding hydrogens is 172 g/mol. The quantitative estimate of drug-likeness (QED) is 0.694. The van der Waals surface area contributed by atoms with Crippen LogP contribution in [-0.4, -0.2) is 9.55 Å². The largest absolute Gasteiger partial charge is 0.319 e. The minimum atomic E-state index is 0.387. The third-order valence-electron chi connectivity index (χ3n) is 1.86. The zero-order chi connectivity index (χ0) is 9.30. The molecule has 0 spiro atoms. The maximum absolute atomic E-state index is 6.11. The third-order valence-corrected chi connectivity index (χ3v) is 2.25. The number of hydrogen-bond acceptors (Lipinski definition) is 1. The Bertz CT molecular complexity index is 238. The van der Waals surface area contributed by atoms with Gasteiger partial charge in [0.05, 0.1) is 12.0 Å². The molecule has 0 aliphatic rings. The van der Waals surface area contributed by atoms with Crippen LogP contribution >= 0.6 is 11.6 Å². The molecule has 0 radical (unpaired) electrons. The first kappa shape index (κ1) is 9.59. The van der Waals surface area contributed by atoms with E-state index in [2.05, 4.69) is 32.7 Å². The molecule has 1 aromatic rings. The minimum Gasteiger partial charge on any atom is -0.319 e. The summed E-state index contributed by atoms with van der Waals surface area (Å²) in [5.74, 6) is 0.400. The molecule has 1 heterocycles. The van der Waals surface area contributed by atoms with Crippen LogP contribution in [0, 0.1) is 0 Å². The Morgan fingerprint density at radius 1 is 1.33 bits per heavy atom. The van der Waals surface area contributed by atoms with Crippen molar-refractivity contribution >= 4 is 11.6 Å². The summed E-state index contributed by atoms with van der Waals surface area (Å²) in [7, 11) is 0. The second kappa shape index (κ2) is 3.48. The molecule has 0 aromatic carbocycles. The number of rotatable bonds is 2. The third kappa shape index (κ3) is 1.63. The van der Waals surface area contributed by atoms with Gasteiger partial charge in [0, 0.05) is 6.04 Å². The number of nitrogens with zero attached hydrogens (tertiary/aromatic N) is 2. The number of imidazole rings is 1. The predicted molar refractivity (Wildman–Crippen MR) is 51.7 cm³/mol. The molecule has 68 valence electrons. The second-order valence-electron chi connectivity index (χ2n) is 3.58. The Morgan fingerprint density at radius 2 is 1.92 bits per heavy atom. The Hall–Kier alpha value is -0.500. The molecule has 0 fully saturated rings. The van der Waals surface area contributed by atoms with Gasteiger partial charge in [0.1, 0.15) is 5.15 Å². The van der Waals surface area contributed by atoms with Crippen molar-refractivity contribution in [1.82, 2.24) is 9.55 Å². The van der Waals surface area contributed by atoms with Gasteiger partial charge in [-0.25, -0.2) is 4.98 Å². The molecule has 1 rings (SSSR count). The minimum absolute atomic E-state index is 0.387. The van der Waals surface area contributed by atoms with Gasteiger partial charge in [0.2, 0.25) is 0 Å². The van der Waals surface area contributed by atoms with Crippen LogP contribution in [-0.2, 0) is 0 Å². The summed E-state index contributed by atoms with van der Waals surface area (Å²) in [5, 5.41) is 0.778. The average molecular weight is 187 g/mol. The molecule has 0 atom stereocenters. The molecule has 0 aliphatic carbocycles. The van der Waals surface area contributed by atoms with Crippen LogP contribution in [0.5, 0.6) is 0 Å². The van der Waals surface area contributed by atoms with Crippen LogP contribution in [0.4, 0.5) is 0 Å². The molecule has 0 N–H and O–H groups in total. The Balaban J connectivity index is 3.04. The highest BCUT2D eigenvalue weighted by Crippen LogP contribution is 2.24. The van der Waals surface area contributed by atoms with E-state index in [9.17, 15) is 0 Å². The van der Waals surface area contributed by atoms with E-state index >= 15 is 0 Å². The van der Waals surface area contributed by atoms with Crippen molar-refractivity contribution in [3.63, 3.8) is 0 Å². The van der Waals surface area contributed by atoms with Gasteiger partial charge in [-0.05, 0) is 19.8 Å². The van der Waals surface area contributed by atoms with Gasteiger partial charge in [0.25, 0.3) is 0 Å². The van der Waals surface area contributed by atoms with Gasteiger partial charge >= 0.3 is 0 Å². The number of hydrogen-bond donors (Lipinski definition) is 0. The van der Waals surface area contributed by atoms with Crippen LogP contribution in [0.25, 0.3) is 0 Å². The zero-order valence-corrected chi connectivity index (χ0v) is 8.76. The lowest BCUT2D eigenvalue weighted by atomic mass is 10.1. The zero-order valence-electron chi connectivity index (χ0n) is 8.00. The Morgan fingerprint density at radius 3 is 2.17 bits per heavy atom. The summed E-state index contributed by atoms with van der Waals surface area (Å²) in [4.78, 5) is 4.27. The summed E-state index contributed by atoms with van der Waals surface area (Å²) < 4.78 is 1.98. The fourth-order valence-electron chi connectivity index (χ4n) is 1.11. The lowest BCUT2D eigenvalue weighted by Crippen LogP contribution is -1.99. The van der Waals surface area contributed by atoms with Crippen LogP contribution in [0.15, 0.2) is 6.33 Å². The Kier molecular flexibility index (Phi) is 2.78. The molecule has 0 aliphatic heterocycles. The standard InChI is InChI=1S/C9H15ClN2/c1-6(2)8-9(10)12(5-11-8)7(3)4/h5-7H,1-4H3. The van der Waals surface area contributed by atoms with E-state index in [1.165, 1.54) is 0 Å². The first-order chi connectivity index (χ1) is 5.54. The van der Waals surface area contributed by atoms with E-state index in [0.717, 1.165) is 10.8 Å². The van der Waals surface area contributed by atoms with Crippen molar-refractivity contribution < 1.29 is 0 Å². The summed E-state index contributed by atoms with van der Waals surface area (Å²) in [6, 6.07) is 0.387. The van der Waals surface area contributed by atoms with Crippen molar-refractivity contribution in [1.29, 1.82) is 0 Å². The molecule has 0 amide bonds. The van der Waals surface area contributed by atoms with Crippen molar-refractivity contribution in [2.45, 2.75) is 39.7 Å². The van der Waals surface area contributed by atoms with Crippen LogP contribution in [0.2, 0.25) is 5.15 Å². The summed E-state index contributed by atoms with van der Waals surface area (Å²) in [6.45, 7) is 8.38. The van der Waals surface area contributed by atoms with Crippen LogP contribution in [0.1, 0.15) is 45.3 Å². The fourth-order valence-corrected chi connectivity index (χ4v) is 1.61. The highest BCUT2D eigenvalue weighted by molar-refractivity contribution is 6.30. The van der Waals surface area contributed by atoms with Gasteiger partial charge in [0.15, 0.2) is 0 Å². The van der Waals surface area contributed by atoms with Crippen LogP contribution < -0.4 is 0 Å². The molecule has 0 bridgehead atoms. The second-order valence-corrected chi connectivity index (χ2v) is 3.93. The lowest BCUT2D eigenvalue weighted by molar-refractivity contribution is 0.599. The van der Waals surface area contributed by atoms with Gasteiger partial charge in [-0.2, -0.15) is 0 Å². The van der Waals surface area contributed by atoms with Crippen molar-refractivity contribution in [3.8, 4) is 0 Å². The lowest BCUT2D eigenvalue weighted by Gasteiger charge is -2.08. The normalized spacial score (nSPS) is 11.6. The fraction of sp³-hybridized carbons (Fsp3) is 0.667. The Labute approximate surface area is 78.6 Å².